The van der Waals surface area contributed by atoms with Gasteiger partial charge in [-0.2, -0.15) is 0 Å². The Morgan fingerprint density at radius 3 is 2.82 bits per heavy atom. The lowest BCUT2D eigenvalue weighted by molar-refractivity contribution is 0.102. The molecule has 1 fully saturated rings. The third-order valence-corrected chi connectivity index (χ3v) is 5.20. The number of nitrogens with one attached hydrogen (secondary N) is 1. The molecular weight excluding hydrogens is 376 g/mol. The van der Waals surface area contributed by atoms with E-state index < -0.39 is 0 Å². The van der Waals surface area contributed by atoms with Gasteiger partial charge in [0.1, 0.15) is 5.15 Å². The minimum Gasteiger partial charge on any atom is -0.367 e. The van der Waals surface area contributed by atoms with Crippen molar-refractivity contribution in [1.82, 2.24) is 14.5 Å². The largest absolute Gasteiger partial charge is 0.367 e. The van der Waals surface area contributed by atoms with E-state index in [0.717, 1.165) is 31.6 Å². The molecule has 0 aromatic carbocycles. The molecule has 0 radical (unpaired) electrons. The molecule has 7 nitrogen and oxygen atoms in total. The molecule has 1 aliphatic rings. The Balaban J connectivity index is 1.64. The van der Waals surface area contributed by atoms with Gasteiger partial charge in [0.25, 0.3) is 5.91 Å². The van der Waals surface area contributed by atoms with Crippen molar-refractivity contribution < 1.29 is 4.79 Å². The summed E-state index contributed by atoms with van der Waals surface area (Å²) in [6.07, 6.45) is 10.4. The molecule has 28 heavy (non-hydrogen) atoms. The maximum atomic E-state index is 12.8. The number of nitrogens with two attached hydrogens (primary N) is 1. The lowest BCUT2D eigenvalue weighted by Gasteiger charge is -2.32. The second-order valence-corrected chi connectivity index (χ2v) is 7.16. The highest BCUT2D eigenvalue weighted by Gasteiger charge is 2.22. The van der Waals surface area contributed by atoms with E-state index in [2.05, 4.69) is 20.2 Å². The average Bonchev–Trinajstić information content (AvgIpc) is 3.10. The summed E-state index contributed by atoms with van der Waals surface area (Å²) in [6, 6.07) is 7.42. The van der Waals surface area contributed by atoms with Crippen molar-refractivity contribution in [3.8, 4) is 5.69 Å². The third kappa shape index (κ3) is 3.72. The molecule has 1 atom stereocenters. The molecule has 1 amide bonds. The highest BCUT2D eigenvalue weighted by atomic mass is 35.5. The molecule has 0 spiro atoms. The van der Waals surface area contributed by atoms with Crippen molar-refractivity contribution in [3.63, 3.8) is 0 Å². The first kappa shape index (κ1) is 18.5. The van der Waals surface area contributed by atoms with Gasteiger partial charge < -0.3 is 20.5 Å². The van der Waals surface area contributed by atoms with E-state index in [1.54, 1.807) is 41.4 Å². The maximum absolute atomic E-state index is 12.8. The molecule has 0 saturated carbocycles. The minimum absolute atomic E-state index is 0.148. The summed E-state index contributed by atoms with van der Waals surface area (Å²) in [6.45, 7) is 1.69. The number of hydrogen-bond acceptors (Lipinski definition) is 5. The van der Waals surface area contributed by atoms with Gasteiger partial charge in [-0.3, -0.25) is 14.8 Å². The van der Waals surface area contributed by atoms with Crippen LogP contribution in [-0.4, -0.2) is 39.6 Å². The van der Waals surface area contributed by atoms with Gasteiger partial charge in [0.15, 0.2) is 0 Å². The van der Waals surface area contributed by atoms with Crippen molar-refractivity contribution in [2.75, 3.05) is 23.3 Å². The van der Waals surface area contributed by atoms with Crippen molar-refractivity contribution in [1.29, 1.82) is 0 Å². The van der Waals surface area contributed by atoms with Crippen molar-refractivity contribution in [3.05, 3.63) is 66.0 Å². The van der Waals surface area contributed by atoms with E-state index in [9.17, 15) is 4.79 Å². The fourth-order valence-corrected chi connectivity index (χ4v) is 3.79. The highest BCUT2D eigenvalue weighted by Crippen LogP contribution is 2.32. The Morgan fingerprint density at radius 1 is 1.18 bits per heavy atom. The Kier molecular flexibility index (Phi) is 5.27. The number of piperidine rings is 1. The van der Waals surface area contributed by atoms with E-state index >= 15 is 0 Å². The van der Waals surface area contributed by atoms with Crippen molar-refractivity contribution in [2.45, 2.75) is 18.9 Å². The van der Waals surface area contributed by atoms with Crippen LogP contribution in [0.2, 0.25) is 5.15 Å². The maximum Gasteiger partial charge on any atom is 0.259 e. The first-order valence-electron chi connectivity index (χ1n) is 9.16. The van der Waals surface area contributed by atoms with E-state index in [1.807, 2.05) is 12.3 Å². The normalized spacial score (nSPS) is 16.8. The van der Waals surface area contributed by atoms with Crippen LogP contribution in [0.15, 0.2) is 55.2 Å². The number of carbonyl (C=O) groups is 1. The Morgan fingerprint density at radius 2 is 2.04 bits per heavy atom. The van der Waals surface area contributed by atoms with E-state index in [-0.39, 0.29) is 11.9 Å². The zero-order valence-electron chi connectivity index (χ0n) is 15.3. The summed E-state index contributed by atoms with van der Waals surface area (Å²) in [7, 11) is 0. The molecular formula is C20H21ClN6O. The average molecular weight is 397 g/mol. The number of rotatable bonds is 4. The van der Waals surface area contributed by atoms with Gasteiger partial charge in [-0.15, -0.1) is 0 Å². The fourth-order valence-electron chi connectivity index (χ4n) is 3.46. The van der Waals surface area contributed by atoms with Gasteiger partial charge in [0.05, 0.1) is 28.8 Å². The topological polar surface area (TPSA) is 89.1 Å². The van der Waals surface area contributed by atoms with Crippen LogP contribution in [0.1, 0.15) is 23.2 Å². The number of aromatic nitrogens is 3. The summed E-state index contributed by atoms with van der Waals surface area (Å²) >= 11 is 6.70. The standard InChI is InChI=1S/C20H21ClN6O/c21-19-18(26-9-2-3-14(22)13-26)6-10-27(19)17-5-8-24-12-16(17)20(28)25-15-4-1-7-23-11-15/h1,4-8,10-12,14H,2-3,9,13,22H2,(H,25,28)/t14-/m1/s1. The van der Waals surface area contributed by atoms with Crippen molar-refractivity contribution in [2.24, 2.45) is 5.73 Å². The second-order valence-electron chi connectivity index (χ2n) is 6.80. The fraction of sp³-hybridized carbons (Fsp3) is 0.250. The predicted molar refractivity (Wildman–Crippen MR) is 110 cm³/mol. The summed E-state index contributed by atoms with van der Waals surface area (Å²) < 4.78 is 1.80. The summed E-state index contributed by atoms with van der Waals surface area (Å²) in [5.41, 5.74) is 8.73. The number of amides is 1. The SMILES string of the molecule is N[C@@H]1CCCN(c2ccn(-c3ccncc3C(=O)Nc3cccnc3)c2Cl)C1. The smallest absolute Gasteiger partial charge is 0.259 e. The van der Waals surface area contributed by atoms with Gasteiger partial charge >= 0.3 is 0 Å². The first-order valence-corrected chi connectivity index (χ1v) is 9.54. The first-order chi connectivity index (χ1) is 13.6. The number of halogens is 1. The molecule has 0 aliphatic carbocycles. The van der Waals surface area contributed by atoms with Crippen LogP contribution in [-0.2, 0) is 0 Å². The summed E-state index contributed by atoms with van der Waals surface area (Å²) in [5.74, 6) is -0.276. The molecule has 0 bridgehead atoms. The molecule has 4 rings (SSSR count). The third-order valence-electron chi connectivity index (χ3n) is 4.82. The molecule has 3 aromatic rings. The molecule has 3 aromatic heterocycles. The Labute approximate surface area is 168 Å². The van der Waals surface area contributed by atoms with Crippen LogP contribution in [0.3, 0.4) is 0 Å². The molecule has 3 N–H and O–H groups in total. The Hall–Kier alpha value is -2.90. The van der Waals surface area contributed by atoms with Gasteiger partial charge in [-0.25, -0.2) is 0 Å². The molecule has 0 unspecified atom stereocenters. The summed E-state index contributed by atoms with van der Waals surface area (Å²) in [5, 5.41) is 3.39. The minimum atomic E-state index is -0.276. The van der Waals surface area contributed by atoms with Gasteiger partial charge in [0, 0.05) is 43.9 Å². The van der Waals surface area contributed by atoms with E-state index in [4.69, 9.17) is 17.3 Å². The lowest BCUT2D eigenvalue weighted by atomic mass is 10.1. The number of anilines is 2. The van der Waals surface area contributed by atoms with E-state index in [1.165, 1.54) is 6.20 Å². The van der Waals surface area contributed by atoms with Crippen molar-refractivity contribution >= 4 is 28.9 Å². The van der Waals surface area contributed by atoms with Gasteiger partial charge in [-0.05, 0) is 37.1 Å². The number of pyridine rings is 2. The zero-order chi connectivity index (χ0) is 19.5. The van der Waals surface area contributed by atoms with Crippen LogP contribution >= 0.6 is 11.6 Å². The number of carbonyl (C=O) groups excluding carboxylic acids is 1. The van der Waals surface area contributed by atoms with Crippen LogP contribution in [0.4, 0.5) is 11.4 Å². The summed E-state index contributed by atoms with van der Waals surface area (Å²) in [4.78, 5) is 23.1. The molecule has 4 heterocycles. The zero-order valence-corrected chi connectivity index (χ0v) is 16.0. The Bertz CT molecular complexity index is 974. The van der Waals surface area contributed by atoms with Crippen LogP contribution < -0.4 is 16.0 Å². The number of hydrogen-bond donors (Lipinski definition) is 2. The molecule has 8 heteroatoms. The van der Waals surface area contributed by atoms with E-state index in [0.29, 0.717) is 22.1 Å². The lowest BCUT2D eigenvalue weighted by Crippen LogP contribution is -2.42. The van der Waals surface area contributed by atoms with Crippen LogP contribution in [0.5, 0.6) is 0 Å². The van der Waals surface area contributed by atoms with Crippen LogP contribution in [0, 0.1) is 0 Å². The molecule has 144 valence electrons. The highest BCUT2D eigenvalue weighted by molar-refractivity contribution is 6.32. The molecule has 1 aliphatic heterocycles. The quantitative estimate of drug-likeness (QED) is 0.707. The molecule has 1 saturated heterocycles. The van der Waals surface area contributed by atoms with Gasteiger partial charge in [0.2, 0.25) is 0 Å². The number of nitrogens with zero attached hydrogens (tertiary/aromatic N) is 4. The second kappa shape index (κ2) is 8.00. The van der Waals surface area contributed by atoms with Crippen LogP contribution in [0.25, 0.3) is 5.69 Å². The monoisotopic (exact) mass is 396 g/mol. The predicted octanol–water partition coefficient (Wildman–Crippen LogP) is 3.10. The van der Waals surface area contributed by atoms with Gasteiger partial charge in [-0.1, -0.05) is 11.6 Å².